The molecule has 6 aromatic rings. The van der Waals surface area contributed by atoms with Crippen LogP contribution in [0.3, 0.4) is 0 Å². The summed E-state index contributed by atoms with van der Waals surface area (Å²) in [6, 6.07) is 49.4. The maximum absolute atomic E-state index is 16.1. The smallest absolute Gasteiger partial charge is 0.205 e. The van der Waals surface area contributed by atoms with Gasteiger partial charge in [0, 0.05) is 75.5 Å². The number of benzene rings is 5. The number of rotatable bonds is 11. The van der Waals surface area contributed by atoms with E-state index in [4.69, 9.17) is 0 Å². The lowest BCUT2D eigenvalue weighted by atomic mass is 9.90. The molecule has 0 saturated carbocycles. The monoisotopic (exact) mass is 753 g/mol. The largest absolute Gasteiger partial charge is 0.339 e. The molecule has 0 spiro atoms. The second-order valence-corrected chi connectivity index (χ2v) is 15.2. The number of hydrogen-bond donors (Lipinski definition) is 0. The summed E-state index contributed by atoms with van der Waals surface area (Å²) in [6.07, 6.45) is 8.65. The van der Waals surface area contributed by atoms with Crippen LogP contribution in [-0.4, -0.2) is 28.9 Å². The normalized spacial score (nSPS) is 12.3. The highest BCUT2D eigenvalue weighted by atomic mass is 32.1. The van der Waals surface area contributed by atoms with Crippen LogP contribution in [0.25, 0.3) is 16.7 Å². The van der Waals surface area contributed by atoms with Gasteiger partial charge in [0.25, 0.3) is 0 Å². The maximum atomic E-state index is 16.1. The maximum Gasteiger partial charge on any atom is 0.205 e. The summed E-state index contributed by atoms with van der Waals surface area (Å²) in [5.74, 6) is -0.367. The lowest BCUT2D eigenvalue weighted by molar-refractivity contribution is -0.474. The van der Waals surface area contributed by atoms with Crippen molar-refractivity contribution in [2.75, 3.05) is 16.3 Å². The molecule has 7 rings (SSSR count). The van der Waals surface area contributed by atoms with Gasteiger partial charge in [0.2, 0.25) is 11.4 Å². The van der Waals surface area contributed by atoms with Gasteiger partial charge < -0.3 is 9.80 Å². The van der Waals surface area contributed by atoms with Crippen molar-refractivity contribution < 1.29 is 8.97 Å². The molecular weight excluding hydrogens is 708 g/mol. The number of para-hydroxylation sites is 3. The molecule has 4 nitrogen and oxygen atoms in total. The Morgan fingerprint density at radius 3 is 1.80 bits per heavy atom. The first-order valence-corrected chi connectivity index (χ1v) is 20.0. The molecule has 0 fully saturated rings. The molecular formula is C50H46FN4S+. The van der Waals surface area contributed by atoms with Crippen molar-refractivity contribution >= 4 is 50.4 Å². The van der Waals surface area contributed by atoms with Gasteiger partial charge in [-0.3, -0.25) is 0 Å². The van der Waals surface area contributed by atoms with E-state index in [0.717, 1.165) is 55.0 Å². The minimum absolute atomic E-state index is 0.219. The van der Waals surface area contributed by atoms with Gasteiger partial charge in [-0.2, -0.15) is 9.84 Å². The highest BCUT2D eigenvalue weighted by Gasteiger charge is 2.29. The van der Waals surface area contributed by atoms with Gasteiger partial charge in [0.1, 0.15) is 16.9 Å². The van der Waals surface area contributed by atoms with E-state index in [9.17, 15) is 5.26 Å². The van der Waals surface area contributed by atoms with Crippen LogP contribution in [0.1, 0.15) is 50.6 Å². The van der Waals surface area contributed by atoms with Crippen LogP contribution in [0.4, 0.5) is 32.1 Å². The fourth-order valence-corrected chi connectivity index (χ4v) is 8.98. The molecule has 6 heteroatoms. The summed E-state index contributed by atoms with van der Waals surface area (Å²) in [5, 5.41) is 11.8. The SMILES string of the molecule is CCN(c1ccccc1)c1sc(C(=C2C=CC(=[N+](c3ccccc3)C(C)C)C=C2)c2ccc(N(c3ccccc3)C(C)C)cc2)c(-c2ccccc2F)c1C#N. The van der Waals surface area contributed by atoms with Gasteiger partial charge in [-0.25, -0.2) is 4.39 Å². The van der Waals surface area contributed by atoms with Crippen LogP contribution in [-0.2, 0) is 0 Å². The molecule has 0 unspecified atom stereocenters. The van der Waals surface area contributed by atoms with Crippen molar-refractivity contribution in [1.29, 1.82) is 5.26 Å². The van der Waals surface area contributed by atoms with E-state index >= 15 is 4.39 Å². The summed E-state index contributed by atoms with van der Waals surface area (Å²) in [4.78, 5) is 5.31. The number of nitriles is 1. The molecule has 0 atom stereocenters. The van der Waals surface area contributed by atoms with Gasteiger partial charge in [-0.1, -0.05) is 84.9 Å². The highest BCUT2D eigenvalue weighted by molar-refractivity contribution is 7.18. The second-order valence-electron chi connectivity index (χ2n) is 14.2. The number of anilines is 4. The Bertz CT molecular complexity index is 2450. The molecule has 0 bridgehead atoms. The molecule has 0 saturated heterocycles. The first-order valence-electron chi connectivity index (χ1n) is 19.2. The van der Waals surface area contributed by atoms with Crippen molar-refractivity contribution in [2.24, 2.45) is 0 Å². The average molecular weight is 754 g/mol. The fraction of sp³-hybridized carbons (Fsp3) is 0.160. The van der Waals surface area contributed by atoms with Crippen molar-refractivity contribution in [1.82, 2.24) is 0 Å². The molecule has 5 aromatic carbocycles. The standard InChI is InChI=1S/C50H46FN4S/c1-6-53(39-18-10-7-11-19-39)50-45(34-52)48(44-24-16-17-25-46(44)51)49(56-50)47(37-26-30-42(31-27-37)54(35(2)3)40-20-12-8-13-21-40)38-28-32-43(33-29-38)55(36(4)5)41-22-14-9-15-23-41/h7-33,35-36H,6H2,1-5H3/q+1. The summed E-state index contributed by atoms with van der Waals surface area (Å²) in [7, 11) is 0. The van der Waals surface area contributed by atoms with Gasteiger partial charge in [0.15, 0.2) is 6.04 Å². The molecule has 0 amide bonds. The summed E-state index contributed by atoms with van der Waals surface area (Å²) in [5.41, 5.74) is 9.69. The summed E-state index contributed by atoms with van der Waals surface area (Å²) < 4.78 is 18.4. The number of allylic oxidation sites excluding steroid dienone is 5. The van der Waals surface area contributed by atoms with Crippen molar-refractivity contribution in [3.8, 4) is 17.2 Å². The summed E-state index contributed by atoms with van der Waals surface area (Å²) in [6.45, 7) is 11.5. The Hall–Kier alpha value is -6.29. The van der Waals surface area contributed by atoms with E-state index in [-0.39, 0.29) is 17.9 Å². The van der Waals surface area contributed by atoms with Crippen molar-refractivity contribution in [3.63, 3.8) is 0 Å². The first-order chi connectivity index (χ1) is 27.3. The van der Waals surface area contributed by atoms with E-state index in [1.165, 1.54) is 6.07 Å². The van der Waals surface area contributed by atoms with E-state index in [2.05, 4.69) is 164 Å². The molecule has 56 heavy (non-hydrogen) atoms. The van der Waals surface area contributed by atoms with Crippen LogP contribution in [0.2, 0.25) is 0 Å². The Morgan fingerprint density at radius 2 is 1.25 bits per heavy atom. The van der Waals surface area contributed by atoms with Gasteiger partial charge in [-0.05, 0) is 100 Å². The lowest BCUT2D eigenvalue weighted by Gasteiger charge is -2.29. The molecule has 0 radical (unpaired) electrons. The third-order valence-corrected chi connectivity index (χ3v) is 11.2. The minimum Gasteiger partial charge on any atom is -0.339 e. The Balaban J connectivity index is 1.49. The topological polar surface area (TPSA) is 33.3 Å². The van der Waals surface area contributed by atoms with Gasteiger partial charge in [-0.15, -0.1) is 11.3 Å². The van der Waals surface area contributed by atoms with Crippen LogP contribution >= 0.6 is 11.3 Å². The molecule has 278 valence electrons. The molecule has 0 N–H and O–H groups in total. The minimum atomic E-state index is -0.367. The molecule has 1 aliphatic rings. The highest BCUT2D eigenvalue weighted by Crippen LogP contribution is 2.50. The number of thiophene rings is 1. The third kappa shape index (κ3) is 7.64. The van der Waals surface area contributed by atoms with Crippen LogP contribution in [0.15, 0.2) is 169 Å². The predicted molar refractivity (Wildman–Crippen MR) is 235 cm³/mol. The molecule has 1 heterocycles. The van der Waals surface area contributed by atoms with Crippen LogP contribution in [0, 0.1) is 17.1 Å². The first kappa shape index (κ1) is 38.0. The van der Waals surface area contributed by atoms with Gasteiger partial charge in [0.05, 0.1) is 5.56 Å². The third-order valence-electron chi connectivity index (χ3n) is 9.97. The molecule has 1 aliphatic carbocycles. The molecule has 0 aliphatic heterocycles. The van der Waals surface area contributed by atoms with Crippen molar-refractivity contribution in [2.45, 2.75) is 46.7 Å². The van der Waals surface area contributed by atoms with Gasteiger partial charge >= 0.3 is 0 Å². The average Bonchev–Trinajstić information content (AvgIpc) is 3.59. The predicted octanol–water partition coefficient (Wildman–Crippen LogP) is 13.3. The van der Waals surface area contributed by atoms with E-state index in [1.807, 2.05) is 36.4 Å². The molecule has 1 aromatic heterocycles. The summed E-state index contributed by atoms with van der Waals surface area (Å²) >= 11 is 1.54. The van der Waals surface area contributed by atoms with E-state index in [1.54, 1.807) is 23.5 Å². The van der Waals surface area contributed by atoms with E-state index < -0.39 is 0 Å². The number of nitrogens with zero attached hydrogens (tertiary/aromatic N) is 4. The van der Waals surface area contributed by atoms with Crippen LogP contribution < -0.4 is 9.80 Å². The quantitative estimate of drug-likeness (QED) is 0.124. The van der Waals surface area contributed by atoms with Crippen molar-refractivity contribution in [3.05, 3.63) is 191 Å². The number of halogens is 1. The zero-order chi connectivity index (χ0) is 39.2. The Kier molecular flexibility index (Phi) is 11.6. The lowest BCUT2D eigenvalue weighted by Crippen LogP contribution is -2.25. The van der Waals surface area contributed by atoms with Crippen LogP contribution in [0.5, 0.6) is 0 Å². The van der Waals surface area contributed by atoms with E-state index in [0.29, 0.717) is 23.2 Å². The number of hydrogen-bond acceptors (Lipinski definition) is 4. The zero-order valence-electron chi connectivity index (χ0n) is 32.5. The Labute approximate surface area is 334 Å². The Morgan fingerprint density at radius 1 is 0.696 bits per heavy atom. The fourth-order valence-electron chi connectivity index (χ4n) is 7.54. The second kappa shape index (κ2) is 17.0. The zero-order valence-corrected chi connectivity index (χ0v) is 33.3.